The molecular formula is C15H17NO2. The summed E-state index contributed by atoms with van der Waals surface area (Å²) < 4.78 is 5.39. The molecule has 0 bridgehead atoms. The summed E-state index contributed by atoms with van der Waals surface area (Å²) in [6.07, 6.45) is 3.23. The van der Waals surface area contributed by atoms with Crippen LogP contribution in [0.1, 0.15) is 35.3 Å². The topological polar surface area (TPSA) is 42.1 Å². The van der Waals surface area contributed by atoms with Crippen molar-refractivity contribution >= 4 is 16.7 Å². The lowest BCUT2D eigenvalue weighted by atomic mass is 9.79. The Morgan fingerprint density at radius 1 is 1.39 bits per heavy atom. The second-order valence-corrected chi connectivity index (χ2v) is 5.00. The first-order valence-corrected chi connectivity index (χ1v) is 6.42. The van der Waals surface area contributed by atoms with E-state index in [1.54, 1.807) is 7.11 Å². The van der Waals surface area contributed by atoms with Crippen LogP contribution in [0.3, 0.4) is 0 Å². The first-order chi connectivity index (χ1) is 8.72. The van der Waals surface area contributed by atoms with Crippen LogP contribution < -0.4 is 4.74 Å². The zero-order valence-corrected chi connectivity index (χ0v) is 10.7. The Kier molecular flexibility index (Phi) is 2.62. The van der Waals surface area contributed by atoms with E-state index in [0.29, 0.717) is 0 Å². The molecule has 18 heavy (non-hydrogen) atoms. The molecule has 1 aliphatic rings. The third-order valence-electron chi connectivity index (χ3n) is 3.92. The van der Waals surface area contributed by atoms with E-state index in [0.717, 1.165) is 40.8 Å². The molecule has 0 aliphatic heterocycles. The molecular weight excluding hydrogens is 226 g/mol. The van der Waals surface area contributed by atoms with Gasteiger partial charge in [-0.1, -0.05) is 12.5 Å². The molecule has 3 nitrogen and oxygen atoms in total. The summed E-state index contributed by atoms with van der Waals surface area (Å²) in [5.41, 5.74) is 2.76. The number of aromatic amines is 1. The molecule has 0 unspecified atom stereocenters. The van der Waals surface area contributed by atoms with Gasteiger partial charge in [0.1, 0.15) is 5.75 Å². The van der Waals surface area contributed by atoms with Gasteiger partial charge in [-0.05, 0) is 31.9 Å². The van der Waals surface area contributed by atoms with Crippen LogP contribution in [0.5, 0.6) is 5.75 Å². The van der Waals surface area contributed by atoms with Gasteiger partial charge < -0.3 is 9.72 Å². The van der Waals surface area contributed by atoms with Crippen molar-refractivity contribution in [3.05, 3.63) is 29.5 Å². The number of aromatic nitrogens is 1. The Labute approximate surface area is 106 Å². The first-order valence-electron chi connectivity index (χ1n) is 6.42. The number of ether oxygens (including phenoxy) is 1. The van der Waals surface area contributed by atoms with Gasteiger partial charge in [-0.25, -0.2) is 0 Å². The van der Waals surface area contributed by atoms with Crippen LogP contribution in [0, 0.1) is 12.8 Å². The van der Waals surface area contributed by atoms with E-state index in [9.17, 15) is 4.79 Å². The van der Waals surface area contributed by atoms with Crippen molar-refractivity contribution in [2.45, 2.75) is 26.2 Å². The Morgan fingerprint density at radius 3 is 2.78 bits per heavy atom. The minimum atomic E-state index is 0.215. The van der Waals surface area contributed by atoms with Crippen LogP contribution in [-0.4, -0.2) is 17.9 Å². The van der Waals surface area contributed by atoms with Crippen molar-refractivity contribution in [3.63, 3.8) is 0 Å². The molecule has 1 saturated carbocycles. The van der Waals surface area contributed by atoms with Gasteiger partial charge in [0.05, 0.1) is 18.0 Å². The van der Waals surface area contributed by atoms with Gasteiger partial charge in [-0.2, -0.15) is 0 Å². The van der Waals surface area contributed by atoms with E-state index in [1.807, 2.05) is 25.1 Å². The largest absolute Gasteiger partial charge is 0.496 e. The number of rotatable bonds is 3. The predicted octanol–water partition coefficient (Wildman–Crippen LogP) is 3.47. The van der Waals surface area contributed by atoms with Crippen LogP contribution in [0.25, 0.3) is 10.9 Å². The summed E-state index contributed by atoms with van der Waals surface area (Å²) in [6.45, 7) is 1.96. The number of hydrogen-bond acceptors (Lipinski definition) is 2. The molecule has 0 spiro atoms. The molecule has 1 aliphatic carbocycles. The van der Waals surface area contributed by atoms with Gasteiger partial charge in [0.2, 0.25) is 0 Å². The SMILES string of the molecule is COc1cccc2[nH]c(C)c(C(=O)C3CCC3)c12. The molecule has 0 amide bonds. The minimum Gasteiger partial charge on any atom is -0.496 e. The van der Waals surface area contributed by atoms with Gasteiger partial charge in [0.15, 0.2) is 5.78 Å². The molecule has 1 fully saturated rings. The monoisotopic (exact) mass is 243 g/mol. The van der Waals surface area contributed by atoms with E-state index in [2.05, 4.69) is 4.98 Å². The molecule has 94 valence electrons. The van der Waals surface area contributed by atoms with Gasteiger partial charge >= 0.3 is 0 Å². The minimum absolute atomic E-state index is 0.215. The summed E-state index contributed by atoms with van der Waals surface area (Å²) >= 11 is 0. The van der Waals surface area contributed by atoms with Gasteiger partial charge in [0.25, 0.3) is 0 Å². The van der Waals surface area contributed by atoms with Crippen LogP contribution in [0.4, 0.5) is 0 Å². The van der Waals surface area contributed by atoms with Gasteiger partial charge in [0, 0.05) is 17.2 Å². The second-order valence-electron chi connectivity index (χ2n) is 5.00. The number of fused-ring (bicyclic) bond motifs is 1. The highest BCUT2D eigenvalue weighted by Crippen LogP contribution is 2.36. The zero-order valence-electron chi connectivity index (χ0n) is 10.7. The molecule has 0 saturated heterocycles. The van der Waals surface area contributed by atoms with Crippen molar-refractivity contribution in [2.75, 3.05) is 7.11 Å². The molecule has 2 aromatic rings. The highest BCUT2D eigenvalue weighted by molar-refractivity contribution is 6.12. The van der Waals surface area contributed by atoms with Crippen LogP contribution in [-0.2, 0) is 0 Å². The summed E-state index contributed by atoms with van der Waals surface area (Å²) in [5.74, 6) is 1.27. The maximum atomic E-state index is 12.5. The fraction of sp³-hybridized carbons (Fsp3) is 0.400. The summed E-state index contributed by atoms with van der Waals surface area (Å²) in [5, 5.41) is 0.939. The van der Waals surface area contributed by atoms with Crippen molar-refractivity contribution in [3.8, 4) is 5.75 Å². The maximum absolute atomic E-state index is 12.5. The van der Waals surface area contributed by atoms with E-state index in [1.165, 1.54) is 6.42 Å². The lowest BCUT2D eigenvalue weighted by Crippen LogP contribution is -2.22. The molecule has 1 aromatic carbocycles. The average Bonchev–Trinajstić information content (AvgIpc) is 2.62. The fourth-order valence-electron chi connectivity index (χ4n) is 2.70. The van der Waals surface area contributed by atoms with Crippen molar-refractivity contribution in [1.82, 2.24) is 4.98 Å². The van der Waals surface area contributed by atoms with E-state index >= 15 is 0 Å². The number of Topliss-reactive ketones (excluding diaryl/α,β-unsaturated/α-hetero) is 1. The lowest BCUT2D eigenvalue weighted by molar-refractivity contribution is 0.0856. The highest BCUT2D eigenvalue weighted by atomic mass is 16.5. The number of carbonyl (C=O) groups is 1. The highest BCUT2D eigenvalue weighted by Gasteiger charge is 2.30. The third-order valence-corrected chi connectivity index (χ3v) is 3.92. The molecule has 3 heteroatoms. The zero-order chi connectivity index (χ0) is 12.7. The lowest BCUT2D eigenvalue weighted by Gasteiger charge is -2.24. The van der Waals surface area contributed by atoms with Gasteiger partial charge in [-0.15, -0.1) is 0 Å². The molecule has 1 heterocycles. The normalized spacial score (nSPS) is 15.7. The molecule has 1 aromatic heterocycles. The first kappa shape index (κ1) is 11.3. The standard InChI is InChI=1S/C15H17NO2/c1-9-13(15(17)10-5-3-6-10)14-11(16-9)7-4-8-12(14)18-2/h4,7-8,10,16H,3,5-6H2,1-2H3. The van der Waals surface area contributed by atoms with Crippen molar-refractivity contribution in [2.24, 2.45) is 5.92 Å². The van der Waals surface area contributed by atoms with E-state index in [-0.39, 0.29) is 11.7 Å². The fourth-order valence-corrected chi connectivity index (χ4v) is 2.70. The Morgan fingerprint density at radius 2 is 2.17 bits per heavy atom. The van der Waals surface area contributed by atoms with Crippen molar-refractivity contribution in [1.29, 1.82) is 0 Å². The quantitative estimate of drug-likeness (QED) is 0.839. The second kappa shape index (κ2) is 4.16. The summed E-state index contributed by atoms with van der Waals surface area (Å²) in [4.78, 5) is 15.8. The Hall–Kier alpha value is -1.77. The van der Waals surface area contributed by atoms with Crippen molar-refractivity contribution < 1.29 is 9.53 Å². The smallest absolute Gasteiger partial charge is 0.168 e. The van der Waals surface area contributed by atoms with Crippen LogP contribution >= 0.6 is 0 Å². The van der Waals surface area contributed by atoms with E-state index in [4.69, 9.17) is 4.74 Å². The maximum Gasteiger partial charge on any atom is 0.168 e. The Balaban J connectivity index is 2.20. The number of aryl methyl sites for hydroxylation is 1. The van der Waals surface area contributed by atoms with Crippen LogP contribution in [0.15, 0.2) is 18.2 Å². The molecule has 1 N–H and O–H groups in total. The number of nitrogens with one attached hydrogen (secondary N) is 1. The molecule has 0 radical (unpaired) electrons. The summed E-state index contributed by atoms with van der Waals surface area (Å²) in [6, 6.07) is 5.84. The average molecular weight is 243 g/mol. The van der Waals surface area contributed by atoms with Crippen LogP contribution in [0.2, 0.25) is 0 Å². The predicted molar refractivity (Wildman–Crippen MR) is 71.3 cm³/mol. The number of benzene rings is 1. The number of methoxy groups -OCH3 is 1. The Bertz CT molecular complexity index is 608. The third kappa shape index (κ3) is 1.54. The number of ketones is 1. The van der Waals surface area contributed by atoms with Gasteiger partial charge in [-0.3, -0.25) is 4.79 Å². The molecule has 3 rings (SSSR count). The summed E-state index contributed by atoms with van der Waals surface area (Å²) in [7, 11) is 1.65. The number of carbonyl (C=O) groups excluding carboxylic acids is 1. The number of H-pyrrole nitrogens is 1. The number of hydrogen-bond donors (Lipinski definition) is 1. The molecule has 0 atom stereocenters. The van der Waals surface area contributed by atoms with E-state index < -0.39 is 0 Å².